The van der Waals surface area contributed by atoms with Crippen LogP contribution < -0.4 is 5.32 Å². The first kappa shape index (κ1) is 21.2. The molecule has 2 heterocycles. The van der Waals surface area contributed by atoms with Gasteiger partial charge in [-0.3, -0.25) is 4.79 Å². The van der Waals surface area contributed by atoms with Gasteiger partial charge in [0.1, 0.15) is 0 Å². The van der Waals surface area contributed by atoms with Gasteiger partial charge in [0.2, 0.25) is 5.91 Å². The van der Waals surface area contributed by atoms with Crippen LogP contribution >= 0.6 is 12.4 Å². The molecule has 3 atom stereocenters. The predicted octanol–water partition coefficient (Wildman–Crippen LogP) is 4.80. The predicted molar refractivity (Wildman–Crippen MR) is 111 cm³/mol. The van der Waals surface area contributed by atoms with Gasteiger partial charge in [-0.05, 0) is 87.6 Å². The zero-order valence-corrected chi connectivity index (χ0v) is 17.4. The van der Waals surface area contributed by atoms with Crippen LogP contribution in [0, 0.1) is 25.7 Å². The van der Waals surface area contributed by atoms with E-state index in [1.54, 1.807) is 0 Å². The number of halogens is 1. The summed E-state index contributed by atoms with van der Waals surface area (Å²) in [5.41, 5.74) is 4.05. The normalized spacial score (nSPS) is 24.7. The number of piperidine rings is 2. The number of nitrogens with zero attached hydrogens (tertiary/aromatic N) is 1. The largest absolute Gasteiger partial charge is 0.336 e. The maximum absolute atomic E-state index is 13.1. The number of rotatable bonds is 4. The Bertz CT molecular complexity index is 598. The molecule has 3 unspecified atom stereocenters. The molecule has 2 saturated heterocycles. The van der Waals surface area contributed by atoms with Crippen LogP contribution in [0.1, 0.15) is 68.2 Å². The zero-order chi connectivity index (χ0) is 17.8. The summed E-state index contributed by atoms with van der Waals surface area (Å²) in [6, 6.07) is 6.82. The van der Waals surface area contributed by atoms with Crippen LogP contribution in [0.2, 0.25) is 0 Å². The molecule has 26 heavy (non-hydrogen) atoms. The van der Waals surface area contributed by atoms with E-state index in [4.69, 9.17) is 0 Å². The molecule has 2 aliphatic rings. The van der Waals surface area contributed by atoms with E-state index in [1.807, 2.05) is 0 Å². The third-order valence-corrected chi connectivity index (χ3v) is 6.47. The first-order valence-electron chi connectivity index (χ1n) is 10.1. The maximum atomic E-state index is 13.1. The number of nitrogens with one attached hydrogen (secondary N) is 1. The zero-order valence-electron chi connectivity index (χ0n) is 16.6. The SMILES string of the molecule is Cc1cccc(C2CCCCN2C(=O)CC(C)C2CCCNC2)c1C.Cl. The Labute approximate surface area is 165 Å². The van der Waals surface area contributed by atoms with E-state index >= 15 is 0 Å². The molecule has 1 aromatic rings. The molecular weight excluding hydrogens is 344 g/mol. The second-order valence-corrected chi connectivity index (χ2v) is 8.18. The Morgan fingerprint density at radius 2 is 2.04 bits per heavy atom. The minimum atomic E-state index is 0. The third kappa shape index (κ3) is 4.80. The van der Waals surface area contributed by atoms with Crippen molar-refractivity contribution in [3.05, 3.63) is 34.9 Å². The lowest BCUT2D eigenvalue weighted by atomic mass is 9.84. The van der Waals surface area contributed by atoms with Gasteiger partial charge in [-0.1, -0.05) is 25.1 Å². The molecule has 4 heteroatoms. The molecule has 0 aromatic heterocycles. The van der Waals surface area contributed by atoms with E-state index in [0.717, 1.165) is 32.5 Å². The molecular formula is C22H35ClN2O. The van der Waals surface area contributed by atoms with Gasteiger partial charge in [0.15, 0.2) is 0 Å². The van der Waals surface area contributed by atoms with Gasteiger partial charge >= 0.3 is 0 Å². The Balaban J connectivity index is 0.00000243. The van der Waals surface area contributed by atoms with Crippen LogP contribution in [-0.2, 0) is 4.79 Å². The summed E-state index contributed by atoms with van der Waals surface area (Å²) in [6.45, 7) is 9.79. The topological polar surface area (TPSA) is 32.3 Å². The summed E-state index contributed by atoms with van der Waals surface area (Å²) in [4.78, 5) is 15.3. The van der Waals surface area contributed by atoms with Crippen molar-refractivity contribution in [3.8, 4) is 0 Å². The molecule has 146 valence electrons. The van der Waals surface area contributed by atoms with E-state index in [2.05, 4.69) is 49.2 Å². The number of carbonyl (C=O) groups is 1. The van der Waals surface area contributed by atoms with Crippen molar-refractivity contribution < 1.29 is 4.79 Å². The van der Waals surface area contributed by atoms with Gasteiger partial charge in [0, 0.05) is 13.0 Å². The van der Waals surface area contributed by atoms with Gasteiger partial charge in [-0.25, -0.2) is 0 Å². The molecule has 2 aliphatic heterocycles. The summed E-state index contributed by atoms with van der Waals surface area (Å²) in [7, 11) is 0. The standard InChI is InChI=1S/C22H34N2O.ClH/c1-16-8-6-10-20(18(16)3)21-11-4-5-13-24(21)22(25)14-17(2)19-9-7-12-23-15-19;/h6,8,10,17,19,21,23H,4-5,7,9,11-15H2,1-3H3;1H. The first-order chi connectivity index (χ1) is 12.1. The van der Waals surface area contributed by atoms with Crippen molar-refractivity contribution in [2.24, 2.45) is 11.8 Å². The fraction of sp³-hybridized carbons (Fsp3) is 0.682. The summed E-state index contributed by atoms with van der Waals surface area (Å²) in [5, 5.41) is 3.49. The van der Waals surface area contributed by atoms with Crippen LogP contribution in [0.4, 0.5) is 0 Å². The van der Waals surface area contributed by atoms with Gasteiger partial charge in [-0.2, -0.15) is 0 Å². The van der Waals surface area contributed by atoms with Crippen LogP contribution in [0.5, 0.6) is 0 Å². The molecule has 1 aromatic carbocycles. The lowest BCUT2D eigenvalue weighted by Crippen LogP contribution is -2.41. The highest BCUT2D eigenvalue weighted by atomic mass is 35.5. The lowest BCUT2D eigenvalue weighted by molar-refractivity contribution is -0.136. The highest BCUT2D eigenvalue weighted by Crippen LogP contribution is 2.35. The first-order valence-corrected chi connectivity index (χ1v) is 10.1. The quantitative estimate of drug-likeness (QED) is 0.815. The maximum Gasteiger partial charge on any atom is 0.223 e. The van der Waals surface area contributed by atoms with Crippen molar-refractivity contribution in [2.75, 3.05) is 19.6 Å². The minimum absolute atomic E-state index is 0. The van der Waals surface area contributed by atoms with Crippen LogP contribution in [0.25, 0.3) is 0 Å². The number of hydrogen-bond acceptors (Lipinski definition) is 2. The number of aryl methyl sites for hydroxylation is 1. The molecule has 1 amide bonds. The van der Waals surface area contributed by atoms with Gasteiger partial charge in [0.05, 0.1) is 6.04 Å². The van der Waals surface area contributed by atoms with Gasteiger partial charge in [0.25, 0.3) is 0 Å². The van der Waals surface area contributed by atoms with E-state index in [9.17, 15) is 4.79 Å². The van der Waals surface area contributed by atoms with E-state index in [0.29, 0.717) is 24.2 Å². The molecule has 0 bridgehead atoms. The smallest absolute Gasteiger partial charge is 0.223 e. The second-order valence-electron chi connectivity index (χ2n) is 8.18. The van der Waals surface area contributed by atoms with Crippen molar-refractivity contribution in [1.29, 1.82) is 0 Å². The van der Waals surface area contributed by atoms with Gasteiger partial charge in [-0.15, -0.1) is 12.4 Å². The average Bonchev–Trinajstić information content (AvgIpc) is 2.64. The monoisotopic (exact) mass is 378 g/mol. The number of carbonyl (C=O) groups excluding carboxylic acids is 1. The van der Waals surface area contributed by atoms with Crippen molar-refractivity contribution in [3.63, 3.8) is 0 Å². The molecule has 0 radical (unpaired) electrons. The minimum Gasteiger partial charge on any atom is -0.336 e. The van der Waals surface area contributed by atoms with Crippen molar-refractivity contribution >= 4 is 18.3 Å². The Kier molecular flexibility index (Phi) is 7.97. The van der Waals surface area contributed by atoms with Crippen molar-refractivity contribution in [2.45, 2.75) is 65.3 Å². The summed E-state index contributed by atoms with van der Waals surface area (Å²) < 4.78 is 0. The Hall–Kier alpha value is -1.06. The Morgan fingerprint density at radius 3 is 2.77 bits per heavy atom. The average molecular weight is 379 g/mol. The van der Waals surface area contributed by atoms with E-state index < -0.39 is 0 Å². The fourth-order valence-electron chi connectivity index (χ4n) is 4.61. The van der Waals surface area contributed by atoms with E-state index in [1.165, 1.54) is 36.0 Å². The van der Waals surface area contributed by atoms with Crippen LogP contribution in [0.3, 0.4) is 0 Å². The molecule has 0 spiro atoms. The molecule has 3 nitrogen and oxygen atoms in total. The third-order valence-electron chi connectivity index (χ3n) is 6.47. The molecule has 2 fully saturated rings. The number of amides is 1. The molecule has 1 N–H and O–H groups in total. The van der Waals surface area contributed by atoms with Crippen molar-refractivity contribution in [1.82, 2.24) is 10.2 Å². The second kappa shape index (κ2) is 9.75. The van der Waals surface area contributed by atoms with Gasteiger partial charge < -0.3 is 10.2 Å². The number of benzene rings is 1. The molecule has 0 aliphatic carbocycles. The van der Waals surface area contributed by atoms with E-state index in [-0.39, 0.29) is 18.4 Å². The lowest BCUT2D eigenvalue weighted by Gasteiger charge is -2.38. The fourth-order valence-corrected chi connectivity index (χ4v) is 4.61. The highest BCUT2D eigenvalue weighted by Gasteiger charge is 2.31. The summed E-state index contributed by atoms with van der Waals surface area (Å²) >= 11 is 0. The summed E-state index contributed by atoms with van der Waals surface area (Å²) in [5.74, 6) is 1.49. The van der Waals surface area contributed by atoms with Crippen LogP contribution in [0.15, 0.2) is 18.2 Å². The number of likely N-dealkylation sites (tertiary alicyclic amines) is 1. The highest BCUT2D eigenvalue weighted by molar-refractivity contribution is 5.85. The molecule has 0 saturated carbocycles. The summed E-state index contributed by atoms with van der Waals surface area (Å²) in [6.07, 6.45) is 6.69. The molecule has 3 rings (SSSR count). The Morgan fingerprint density at radius 1 is 1.23 bits per heavy atom. The number of hydrogen-bond donors (Lipinski definition) is 1. The van der Waals surface area contributed by atoms with Crippen LogP contribution in [-0.4, -0.2) is 30.4 Å².